The molecule has 4 rings (SSSR count). The Labute approximate surface area is 169 Å². The average Bonchev–Trinajstić information content (AvgIpc) is 3.35. The van der Waals surface area contributed by atoms with Gasteiger partial charge in [0.05, 0.1) is 6.61 Å². The third kappa shape index (κ3) is 4.71. The van der Waals surface area contributed by atoms with Crippen molar-refractivity contribution in [1.29, 1.82) is 0 Å². The van der Waals surface area contributed by atoms with Crippen molar-refractivity contribution in [3.8, 4) is 5.75 Å². The monoisotopic (exact) mass is 406 g/mol. The summed E-state index contributed by atoms with van der Waals surface area (Å²) < 4.78 is 31.4. The van der Waals surface area contributed by atoms with Crippen LogP contribution in [0.15, 0.2) is 18.2 Å². The number of ether oxygens (including phenoxy) is 1. The molecule has 5 nitrogen and oxygen atoms in total. The zero-order chi connectivity index (χ0) is 19.7. The lowest BCUT2D eigenvalue weighted by atomic mass is 9.95. The van der Waals surface area contributed by atoms with E-state index in [-0.39, 0.29) is 17.3 Å². The Bertz CT molecular complexity index is 785. The third-order valence-corrected chi connectivity index (χ3v) is 8.10. The first-order valence-corrected chi connectivity index (χ1v) is 12.8. The SMILES string of the molecule is CC(Cc1ccc2c(c1)CCO2)N(CC1CC1)C(C1CCNCC1)S(C)(=O)=O. The standard InChI is InChI=1S/C22H34N2O3S/c1-16(13-18-5-6-21-20(14-18)9-12-27-21)24(15-17-3-4-17)22(28(2,25)26)19-7-10-23-11-8-19/h5-6,14,16-17,19,22-23H,3-4,7-13,15H2,1-2H3. The molecule has 2 aliphatic heterocycles. The Morgan fingerprint density at radius 1 is 1.21 bits per heavy atom. The summed E-state index contributed by atoms with van der Waals surface area (Å²) in [7, 11) is -3.15. The van der Waals surface area contributed by atoms with Crippen molar-refractivity contribution in [2.24, 2.45) is 11.8 Å². The maximum absolute atomic E-state index is 12.9. The highest BCUT2D eigenvalue weighted by Gasteiger charge is 2.40. The summed E-state index contributed by atoms with van der Waals surface area (Å²) in [5, 5.41) is 3.02. The van der Waals surface area contributed by atoms with Gasteiger partial charge in [-0.3, -0.25) is 4.90 Å². The number of piperidine rings is 1. The Balaban J connectivity index is 1.56. The number of sulfone groups is 1. The summed E-state index contributed by atoms with van der Waals surface area (Å²) in [6.45, 7) is 5.75. The number of hydrogen-bond acceptors (Lipinski definition) is 5. The van der Waals surface area contributed by atoms with E-state index in [0.717, 1.165) is 57.7 Å². The molecule has 1 aliphatic carbocycles. The molecule has 1 saturated heterocycles. The van der Waals surface area contributed by atoms with Crippen LogP contribution in [0.25, 0.3) is 0 Å². The minimum absolute atomic E-state index is 0.204. The molecule has 0 spiro atoms. The van der Waals surface area contributed by atoms with E-state index in [1.165, 1.54) is 30.2 Å². The Hall–Kier alpha value is -1.11. The lowest BCUT2D eigenvalue weighted by molar-refractivity contribution is 0.125. The van der Waals surface area contributed by atoms with Crippen molar-refractivity contribution in [3.63, 3.8) is 0 Å². The van der Waals surface area contributed by atoms with Crippen LogP contribution in [0.4, 0.5) is 0 Å². The number of hydrogen-bond donors (Lipinski definition) is 1. The van der Waals surface area contributed by atoms with Gasteiger partial charge in [0, 0.05) is 25.3 Å². The van der Waals surface area contributed by atoms with Crippen LogP contribution >= 0.6 is 0 Å². The molecule has 1 aromatic rings. The average molecular weight is 407 g/mol. The van der Waals surface area contributed by atoms with E-state index in [9.17, 15) is 8.42 Å². The lowest BCUT2D eigenvalue weighted by Gasteiger charge is -2.41. The van der Waals surface area contributed by atoms with Crippen molar-refractivity contribution in [1.82, 2.24) is 10.2 Å². The van der Waals surface area contributed by atoms with Gasteiger partial charge >= 0.3 is 0 Å². The number of nitrogens with one attached hydrogen (secondary N) is 1. The maximum Gasteiger partial charge on any atom is 0.163 e. The molecule has 156 valence electrons. The van der Waals surface area contributed by atoms with E-state index in [2.05, 4.69) is 35.3 Å². The van der Waals surface area contributed by atoms with E-state index in [1.54, 1.807) is 0 Å². The second-order valence-corrected chi connectivity index (χ2v) is 11.2. The van der Waals surface area contributed by atoms with Gasteiger partial charge in [-0.05, 0) is 81.1 Å². The molecule has 0 amide bonds. The second-order valence-electron chi connectivity index (χ2n) is 9.04. The number of fused-ring (bicyclic) bond motifs is 1. The zero-order valence-electron chi connectivity index (χ0n) is 17.2. The molecular formula is C22H34N2O3S. The highest BCUT2D eigenvalue weighted by molar-refractivity contribution is 7.91. The summed E-state index contributed by atoms with van der Waals surface area (Å²) in [5.41, 5.74) is 2.58. The summed E-state index contributed by atoms with van der Waals surface area (Å²) in [4.78, 5) is 2.34. The van der Waals surface area contributed by atoms with Crippen LogP contribution in [-0.4, -0.2) is 57.2 Å². The zero-order valence-corrected chi connectivity index (χ0v) is 18.0. The van der Waals surface area contributed by atoms with Crippen LogP contribution in [0.3, 0.4) is 0 Å². The van der Waals surface area contributed by atoms with Crippen molar-refractivity contribution in [2.45, 2.75) is 56.9 Å². The van der Waals surface area contributed by atoms with Crippen LogP contribution in [0.1, 0.15) is 43.7 Å². The summed E-state index contributed by atoms with van der Waals surface area (Å²) >= 11 is 0. The molecular weight excluding hydrogens is 372 g/mol. The van der Waals surface area contributed by atoms with Crippen LogP contribution in [-0.2, 0) is 22.7 Å². The van der Waals surface area contributed by atoms with Gasteiger partial charge in [0.25, 0.3) is 0 Å². The molecule has 2 fully saturated rings. The van der Waals surface area contributed by atoms with Gasteiger partial charge in [-0.15, -0.1) is 0 Å². The van der Waals surface area contributed by atoms with Crippen LogP contribution in [0.2, 0.25) is 0 Å². The molecule has 1 N–H and O–H groups in total. The number of nitrogens with zero attached hydrogens (tertiary/aromatic N) is 1. The van der Waals surface area contributed by atoms with Gasteiger partial charge in [-0.25, -0.2) is 8.42 Å². The Kier molecular flexibility index (Phi) is 6.00. The van der Waals surface area contributed by atoms with E-state index < -0.39 is 9.84 Å². The first kappa shape index (κ1) is 20.2. The molecule has 2 heterocycles. The van der Waals surface area contributed by atoms with Crippen molar-refractivity contribution >= 4 is 9.84 Å². The fourth-order valence-corrected chi connectivity index (χ4v) is 6.71. The maximum atomic E-state index is 12.9. The van der Waals surface area contributed by atoms with Crippen molar-refractivity contribution in [2.75, 3.05) is 32.5 Å². The van der Waals surface area contributed by atoms with E-state index in [4.69, 9.17) is 4.74 Å². The summed E-state index contributed by atoms with van der Waals surface area (Å²) in [6, 6.07) is 6.69. The normalized spacial score (nSPS) is 22.7. The largest absolute Gasteiger partial charge is 0.493 e. The minimum atomic E-state index is -3.15. The molecule has 2 unspecified atom stereocenters. The molecule has 3 aliphatic rings. The smallest absolute Gasteiger partial charge is 0.163 e. The Morgan fingerprint density at radius 3 is 2.64 bits per heavy atom. The van der Waals surface area contributed by atoms with Gasteiger partial charge in [0.1, 0.15) is 11.1 Å². The highest BCUT2D eigenvalue weighted by atomic mass is 32.2. The van der Waals surface area contributed by atoms with E-state index >= 15 is 0 Å². The molecule has 6 heteroatoms. The van der Waals surface area contributed by atoms with E-state index in [1.807, 2.05) is 0 Å². The molecule has 2 atom stereocenters. The number of benzene rings is 1. The minimum Gasteiger partial charge on any atom is -0.493 e. The first-order chi connectivity index (χ1) is 13.4. The molecule has 1 aromatic carbocycles. The van der Waals surface area contributed by atoms with Gasteiger partial charge in [-0.2, -0.15) is 0 Å². The van der Waals surface area contributed by atoms with Crippen molar-refractivity contribution < 1.29 is 13.2 Å². The van der Waals surface area contributed by atoms with Gasteiger partial charge in [0.2, 0.25) is 0 Å². The Morgan fingerprint density at radius 2 is 1.96 bits per heavy atom. The quantitative estimate of drug-likeness (QED) is 0.719. The highest BCUT2D eigenvalue weighted by Crippen LogP contribution is 2.35. The van der Waals surface area contributed by atoms with E-state index in [0.29, 0.717) is 5.92 Å². The molecule has 0 bridgehead atoms. The van der Waals surface area contributed by atoms with Gasteiger partial charge < -0.3 is 10.1 Å². The van der Waals surface area contributed by atoms with Crippen LogP contribution in [0.5, 0.6) is 5.75 Å². The first-order valence-electron chi connectivity index (χ1n) is 10.8. The summed E-state index contributed by atoms with van der Waals surface area (Å²) in [5.74, 6) is 1.91. The molecule has 0 aromatic heterocycles. The summed E-state index contributed by atoms with van der Waals surface area (Å²) in [6.07, 6.45) is 7.67. The second kappa shape index (κ2) is 8.33. The molecule has 0 radical (unpaired) electrons. The van der Waals surface area contributed by atoms with Crippen LogP contribution < -0.4 is 10.1 Å². The third-order valence-electron chi connectivity index (χ3n) is 6.57. The van der Waals surface area contributed by atoms with Gasteiger partial charge in [0.15, 0.2) is 9.84 Å². The fourth-order valence-electron chi connectivity index (χ4n) is 4.95. The predicted molar refractivity (Wildman–Crippen MR) is 112 cm³/mol. The van der Waals surface area contributed by atoms with Crippen molar-refractivity contribution in [3.05, 3.63) is 29.3 Å². The lowest BCUT2D eigenvalue weighted by Crippen LogP contribution is -2.53. The molecule has 28 heavy (non-hydrogen) atoms. The fraction of sp³-hybridized carbons (Fsp3) is 0.727. The van der Waals surface area contributed by atoms with Gasteiger partial charge in [-0.1, -0.05) is 12.1 Å². The topological polar surface area (TPSA) is 58.6 Å². The number of rotatable bonds is 8. The molecule has 1 saturated carbocycles. The van der Waals surface area contributed by atoms with Crippen LogP contribution in [0, 0.1) is 11.8 Å². The predicted octanol–water partition coefficient (Wildman–Crippen LogP) is 2.63.